The lowest BCUT2D eigenvalue weighted by molar-refractivity contribution is -0.148. The molecule has 0 aromatic heterocycles. The molecule has 5 nitrogen and oxygen atoms in total. The fourth-order valence-corrected chi connectivity index (χ4v) is 4.18. The summed E-state index contributed by atoms with van der Waals surface area (Å²) in [4.78, 5) is 40.3. The average Bonchev–Trinajstić information content (AvgIpc) is 2.91. The lowest BCUT2D eigenvalue weighted by Crippen LogP contribution is -2.51. The maximum atomic E-state index is 13.1. The number of amides is 3. The SMILES string of the molecule is CC(C)CC(C(=O)NC(C)c1ccc(Cl)cc1)N1C(=O)C2CC=CCC2C1=O. The quantitative estimate of drug-likeness (QED) is 0.580. The van der Waals surface area contributed by atoms with Crippen LogP contribution in [0.3, 0.4) is 0 Å². The zero-order valence-electron chi connectivity index (χ0n) is 16.5. The molecule has 0 bridgehead atoms. The molecular formula is C22H27ClN2O3. The summed E-state index contributed by atoms with van der Waals surface area (Å²) in [5.41, 5.74) is 0.915. The summed E-state index contributed by atoms with van der Waals surface area (Å²) in [5, 5.41) is 3.61. The lowest BCUT2D eigenvalue weighted by Gasteiger charge is -2.28. The van der Waals surface area contributed by atoms with Crippen molar-refractivity contribution < 1.29 is 14.4 Å². The summed E-state index contributed by atoms with van der Waals surface area (Å²) < 4.78 is 0. The summed E-state index contributed by atoms with van der Waals surface area (Å²) in [6, 6.07) is 6.23. The maximum Gasteiger partial charge on any atom is 0.243 e. The van der Waals surface area contributed by atoms with Gasteiger partial charge in [-0.05, 0) is 49.8 Å². The van der Waals surface area contributed by atoms with Gasteiger partial charge in [0, 0.05) is 5.02 Å². The minimum atomic E-state index is -0.777. The Kier molecular flexibility index (Phi) is 6.23. The van der Waals surface area contributed by atoms with Gasteiger partial charge in [0.25, 0.3) is 0 Å². The Balaban J connectivity index is 1.79. The second kappa shape index (κ2) is 8.48. The molecule has 0 radical (unpaired) electrons. The smallest absolute Gasteiger partial charge is 0.243 e. The lowest BCUT2D eigenvalue weighted by atomic mass is 9.85. The van der Waals surface area contributed by atoms with Crippen molar-refractivity contribution >= 4 is 29.3 Å². The number of benzene rings is 1. The van der Waals surface area contributed by atoms with Crippen molar-refractivity contribution in [1.29, 1.82) is 0 Å². The van der Waals surface area contributed by atoms with E-state index >= 15 is 0 Å². The first-order chi connectivity index (χ1) is 13.3. The van der Waals surface area contributed by atoms with Crippen molar-refractivity contribution in [2.24, 2.45) is 17.8 Å². The third-order valence-corrected chi connectivity index (χ3v) is 5.83. The van der Waals surface area contributed by atoms with Crippen LogP contribution in [0.1, 0.15) is 51.6 Å². The molecule has 1 heterocycles. The third kappa shape index (κ3) is 4.14. The zero-order chi connectivity index (χ0) is 20.4. The minimum absolute atomic E-state index is 0.169. The number of halogens is 1. The van der Waals surface area contributed by atoms with E-state index in [1.807, 2.05) is 45.1 Å². The highest BCUT2D eigenvalue weighted by Crippen LogP contribution is 2.37. The monoisotopic (exact) mass is 402 g/mol. The molecule has 1 N–H and O–H groups in total. The first-order valence-corrected chi connectivity index (χ1v) is 10.2. The van der Waals surface area contributed by atoms with E-state index in [1.54, 1.807) is 12.1 Å². The highest BCUT2D eigenvalue weighted by Gasteiger charge is 2.51. The number of allylic oxidation sites excluding steroid dienone is 2. The van der Waals surface area contributed by atoms with Crippen molar-refractivity contribution in [2.45, 2.75) is 52.1 Å². The molecule has 1 fully saturated rings. The molecule has 2 aliphatic rings. The summed E-state index contributed by atoms with van der Waals surface area (Å²) in [6.45, 7) is 5.86. The van der Waals surface area contributed by atoms with Gasteiger partial charge in [-0.15, -0.1) is 0 Å². The van der Waals surface area contributed by atoms with Crippen LogP contribution >= 0.6 is 11.6 Å². The van der Waals surface area contributed by atoms with Gasteiger partial charge in [-0.25, -0.2) is 0 Å². The molecule has 6 heteroatoms. The number of nitrogens with one attached hydrogen (secondary N) is 1. The standard InChI is InChI=1S/C22H27ClN2O3/c1-13(2)12-19(20(26)24-14(3)15-8-10-16(23)11-9-15)25-21(27)17-6-4-5-7-18(17)22(25)28/h4-5,8-11,13-14,17-19H,6-7,12H2,1-3H3,(H,24,26). The van der Waals surface area contributed by atoms with Gasteiger partial charge in [0.2, 0.25) is 17.7 Å². The first kappa shape index (κ1) is 20.6. The normalized spacial score (nSPS) is 23.7. The number of carbonyl (C=O) groups is 3. The van der Waals surface area contributed by atoms with Crippen LogP contribution < -0.4 is 5.32 Å². The van der Waals surface area contributed by atoms with Crippen molar-refractivity contribution in [3.63, 3.8) is 0 Å². The molecule has 0 saturated carbocycles. The Morgan fingerprint density at radius 1 is 1.07 bits per heavy atom. The number of hydrogen-bond acceptors (Lipinski definition) is 3. The first-order valence-electron chi connectivity index (χ1n) is 9.87. The molecule has 3 rings (SSSR count). The van der Waals surface area contributed by atoms with Crippen LogP contribution in [-0.4, -0.2) is 28.7 Å². The summed E-state index contributed by atoms with van der Waals surface area (Å²) in [7, 11) is 0. The van der Waals surface area contributed by atoms with E-state index in [-0.39, 0.29) is 41.5 Å². The summed E-state index contributed by atoms with van der Waals surface area (Å²) in [5.74, 6) is -1.19. The van der Waals surface area contributed by atoms with Crippen LogP contribution in [0, 0.1) is 17.8 Å². The van der Waals surface area contributed by atoms with Crippen LogP contribution in [0.2, 0.25) is 5.02 Å². The summed E-state index contributed by atoms with van der Waals surface area (Å²) >= 11 is 5.93. The minimum Gasteiger partial charge on any atom is -0.348 e. The molecule has 0 spiro atoms. The van der Waals surface area contributed by atoms with E-state index in [0.717, 1.165) is 5.56 Å². The van der Waals surface area contributed by atoms with E-state index in [4.69, 9.17) is 11.6 Å². The topological polar surface area (TPSA) is 66.5 Å². The van der Waals surface area contributed by atoms with Gasteiger partial charge in [0.15, 0.2) is 0 Å². The van der Waals surface area contributed by atoms with E-state index in [0.29, 0.717) is 24.3 Å². The van der Waals surface area contributed by atoms with Crippen LogP contribution in [0.5, 0.6) is 0 Å². The van der Waals surface area contributed by atoms with E-state index in [9.17, 15) is 14.4 Å². The molecule has 28 heavy (non-hydrogen) atoms. The highest BCUT2D eigenvalue weighted by atomic mass is 35.5. The molecule has 1 saturated heterocycles. The highest BCUT2D eigenvalue weighted by molar-refractivity contribution is 6.30. The van der Waals surface area contributed by atoms with Crippen LogP contribution in [-0.2, 0) is 14.4 Å². The Bertz CT molecular complexity index is 761. The molecule has 1 aliphatic heterocycles. The van der Waals surface area contributed by atoms with Crippen LogP contribution in [0.15, 0.2) is 36.4 Å². The number of imide groups is 1. The fourth-order valence-electron chi connectivity index (χ4n) is 4.05. The molecule has 1 aliphatic carbocycles. The number of rotatable bonds is 6. The maximum absolute atomic E-state index is 13.1. The van der Waals surface area contributed by atoms with Gasteiger partial charge in [-0.3, -0.25) is 19.3 Å². The Morgan fingerprint density at radius 2 is 1.61 bits per heavy atom. The summed E-state index contributed by atoms with van der Waals surface area (Å²) in [6.07, 6.45) is 5.50. The predicted molar refractivity (Wildman–Crippen MR) is 108 cm³/mol. The van der Waals surface area contributed by atoms with E-state index < -0.39 is 6.04 Å². The van der Waals surface area contributed by atoms with Crippen LogP contribution in [0.4, 0.5) is 0 Å². The number of likely N-dealkylation sites (tertiary alicyclic amines) is 1. The average molecular weight is 403 g/mol. The second-order valence-electron chi connectivity index (χ2n) is 8.13. The van der Waals surface area contributed by atoms with Crippen LogP contribution in [0.25, 0.3) is 0 Å². The molecule has 150 valence electrons. The van der Waals surface area contributed by atoms with Crippen molar-refractivity contribution in [3.8, 4) is 0 Å². The van der Waals surface area contributed by atoms with Gasteiger partial charge in [0.1, 0.15) is 6.04 Å². The molecule has 4 atom stereocenters. The zero-order valence-corrected chi connectivity index (χ0v) is 17.3. The van der Waals surface area contributed by atoms with Gasteiger partial charge < -0.3 is 5.32 Å². The van der Waals surface area contributed by atoms with Gasteiger partial charge in [0.05, 0.1) is 17.9 Å². The van der Waals surface area contributed by atoms with Gasteiger partial charge in [-0.1, -0.05) is 49.7 Å². The second-order valence-corrected chi connectivity index (χ2v) is 8.57. The molecule has 3 amide bonds. The third-order valence-electron chi connectivity index (χ3n) is 5.58. The number of carbonyl (C=O) groups excluding carboxylic acids is 3. The Labute approximate surface area is 171 Å². The Hall–Kier alpha value is -2.14. The number of nitrogens with zero attached hydrogens (tertiary/aromatic N) is 1. The van der Waals surface area contributed by atoms with Crippen molar-refractivity contribution in [1.82, 2.24) is 10.2 Å². The number of hydrogen-bond donors (Lipinski definition) is 1. The van der Waals surface area contributed by atoms with E-state index in [1.165, 1.54) is 4.90 Å². The largest absolute Gasteiger partial charge is 0.348 e. The van der Waals surface area contributed by atoms with Crippen molar-refractivity contribution in [2.75, 3.05) is 0 Å². The fraction of sp³-hybridized carbons (Fsp3) is 0.500. The predicted octanol–water partition coefficient (Wildman–Crippen LogP) is 3.88. The molecule has 1 aromatic rings. The molecule has 4 unspecified atom stereocenters. The van der Waals surface area contributed by atoms with Gasteiger partial charge >= 0.3 is 0 Å². The Morgan fingerprint density at radius 3 is 2.11 bits per heavy atom. The van der Waals surface area contributed by atoms with E-state index in [2.05, 4.69) is 5.32 Å². The van der Waals surface area contributed by atoms with Crippen molar-refractivity contribution in [3.05, 3.63) is 47.0 Å². The van der Waals surface area contributed by atoms with Gasteiger partial charge in [-0.2, -0.15) is 0 Å². The molecule has 1 aromatic carbocycles. The number of fused-ring (bicyclic) bond motifs is 1. The molecular weight excluding hydrogens is 376 g/mol.